The molecule has 0 fully saturated rings. The molecule has 0 saturated carbocycles. The second-order valence-corrected chi connectivity index (χ2v) is 4.79. The Kier molecular flexibility index (Phi) is 4.04. The Morgan fingerprint density at radius 1 is 1.28 bits per heavy atom. The van der Waals surface area contributed by atoms with Gasteiger partial charge in [0.1, 0.15) is 17.5 Å². The van der Waals surface area contributed by atoms with Crippen LogP contribution in [0.1, 0.15) is 0 Å². The average molecular weight is 331 g/mol. The van der Waals surface area contributed by atoms with E-state index < -0.39 is 5.82 Å². The molecule has 2 N–H and O–H groups in total. The highest BCUT2D eigenvalue weighted by Crippen LogP contribution is 2.33. The molecular formula is C12H10BrClFN3. The molecule has 0 amide bonds. The molecular weight excluding hydrogens is 321 g/mol. The Balaban J connectivity index is 2.33. The molecule has 94 valence electrons. The van der Waals surface area contributed by atoms with Crippen LogP contribution in [0.25, 0.3) is 0 Å². The molecule has 0 bridgehead atoms. The minimum Gasteiger partial charge on any atom is -0.373 e. The van der Waals surface area contributed by atoms with Crippen molar-refractivity contribution in [3.8, 4) is 0 Å². The minimum absolute atomic E-state index is 0.290. The van der Waals surface area contributed by atoms with E-state index in [2.05, 4.69) is 31.5 Å². The number of anilines is 3. The molecule has 1 aromatic heterocycles. The van der Waals surface area contributed by atoms with E-state index in [0.29, 0.717) is 21.0 Å². The first-order valence-electron chi connectivity index (χ1n) is 5.16. The molecule has 2 aromatic rings. The number of aromatic nitrogens is 1. The van der Waals surface area contributed by atoms with Crippen molar-refractivity contribution in [2.75, 3.05) is 17.7 Å². The van der Waals surface area contributed by atoms with Gasteiger partial charge in [-0.1, -0.05) is 17.7 Å². The van der Waals surface area contributed by atoms with Gasteiger partial charge in [-0.05, 0) is 40.2 Å². The quantitative estimate of drug-likeness (QED) is 0.874. The molecule has 0 saturated heterocycles. The van der Waals surface area contributed by atoms with E-state index >= 15 is 0 Å². The van der Waals surface area contributed by atoms with Crippen LogP contribution in [-0.4, -0.2) is 12.0 Å². The van der Waals surface area contributed by atoms with Crippen LogP contribution < -0.4 is 10.6 Å². The lowest BCUT2D eigenvalue weighted by atomic mass is 10.3. The van der Waals surface area contributed by atoms with Gasteiger partial charge >= 0.3 is 0 Å². The standard InChI is InChI=1S/C12H10BrClFN3/c1-16-10-3-2-4-11(17-10)18-12-8(13)5-7(15)6-9(12)14/h2-6H,1H3,(H2,16,17,18). The third-order valence-corrected chi connectivity index (χ3v) is 3.19. The van der Waals surface area contributed by atoms with Crippen LogP contribution in [0.15, 0.2) is 34.8 Å². The van der Waals surface area contributed by atoms with Gasteiger partial charge in [-0.2, -0.15) is 0 Å². The second-order valence-electron chi connectivity index (χ2n) is 3.53. The normalized spacial score (nSPS) is 10.2. The highest BCUT2D eigenvalue weighted by molar-refractivity contribution is 9.10. The van der Waals surface area contributed by atoms with Crippen LogP contribution in [0.2, 0.25) is 5.02 Å². The number of benzene rings is 1. The summed E-state index contributed by atoms with van der Waals surface area (Å²) in [5, 5.41) is 6.27. The second kappa shape index (κ2) is 5.54. The van der Waals surface area contributed by atoms with Crippen molar-refractivity contribution in [2.45, 2.75) is 0 Å². The number of hydrogen-bond acceptors (Lipinski definition) is 3. The Morgan fingerprint density at radius 2 is 2.00 bits per heavy atom. The molecule has 2 rings (SSSR count). The van der Waals surface area contributed by atoms with Gasteiger partial charge in [0.15, 0.2) is 0 Å². The van der Waals surface area contributed by atoms with Gasteiger partial charge in [-0.3, -0.25) is 0 Å². The largest absolute Gasteiger partial charge is 0.373 e. The van der Waals surface area contributed by atoms with Crippen LogP contribution in [0.3, 0.4) is 0 Å². The summed E-state index contributed by atoms with van der Waals surface area (Å²) < 4.78 is 13.6. The predicted molar refractivity (Wildman–Crippen MR) is 76.2 cm³/mol. The molecule has 1 aromatic carbocycles. The lowest BCUT2D eigenvalue weighted by Gasteiger charge is -2.11. The van der Waals surface area contributed by atoms with Crippen molar-refractivity contribution in [1.82, 2.24) is 4.98 Å². The highest BCUT2D eigenvalue weighted by atomic mass is 79.9. The molecule has 18 heavy (non-hydrogen) atoms. The fourth-order valence-electron chi connectivity index (χ4n) is 1.43. The zero-order chi connectivity index (χ0) is 13.1. The molecule has 0 aliphatic carbocycles. The maximum Gasteiger partial charge on any atom is 0.132 e. The van der Waals surface area contributed by atoms with Crippen molar-refractivity contribution >= 4 is 44.9 Å². The van der Waals surface area contributed by atoms with Crippen LogP contribution in [0.4, 0.5) is 21.7 Å². The summed E-state index contributed by atoms with van der Waals surface area (Å²) in [6.07, 6.45) is 0. The van der Waals surface area contributed by atoms with Crippen molar-refractivity contribution in [2.24, 2.45) is 0 Å². The SMILES string of the molecule is CNc1cccc(Nc2c(Cl)cc(F)cc2Br)n1. The van der Waals surface area contributed by atoms with Crippen LogP contribution in [-0.2, 0) is 0 Å². The first kappa shape index (κ1) is 13.1. The summed E-state index contributed by atoms with van der Waals surface area (Å²) in [5.41, 5.74) is 0.582. The smallest absolute Gasteiger partial charge is 0.132 e. The Labute approximate surface area is 118 Å². The zero-order valence-electron chi connectivity index (χ0n) is 9.47. The van der Waals surface area contributed by atoms with Crippen molar-refractivity contribution in [1.29, 1.82) is 0 Å². The first-order chi connectivity index (χ1) is 8.60. The van der Waals surface area contributed by atoms with Gasteiger partial charge in [0.05, 0.1) is 10.7 Å². The number of halogens is 3. The van der Waals surface area contributed by atoms with Gasteiger partial charge in [-0.15, -0.1) is 0 Å². The Bertz CT molecular complexity index is 554. The highest BCUT2D eigenvalue weighted by Gasteiger charge is 2.09. The maximum atomic E-state index is 13.1. The topological polar surface area (TPSA) is 37.0 Å². The maximum absolute atomic E-state index is 13.1. The molecule has 6 heteroatoms. The first-order valence-corrected chi connectivity index (χ1v) is 6.33. The van der Waals surface area contributed by atoms with Gasteiger partial charge in [0, 0.05) is 11.5 Å². The van der Waals surface area contributed by atoms with Crippen molar-refractivity contribution in [3.63, 3.8) is 0 Å². The van der Waals surface area contributed by atoms with E-state index in [1.54, 1.807) is 13.1 Å². The molecule has 0 spiro atoms. The van der Waals surface area contributed by atoms with Crippen molar-refractivity contribution < 1.29 is 4.39 Å². The lowest BCUT2D eigenvalue weighted by molar-refractivity contribution is 0.627. The number of nitrogens with one attached hydrogen (secondary N) is 2. The van der Waals surface area contributed by atoms with Gasteiger partial charge in [0.25, 0.3) is 0 Å². The molecule has 1 heterocycles. The monoisotopic (exact) mass is 329 g/mol. The number of pyridine rings is 1. The molecule has 0 aliphatic rings. The summed E-state index contributed by atoms with van der Waals surface area (Å²) in [6.45, 7) is 0. The van der Waals surface area contributed by atoms with E-state index in [1.807, 2.05) is 12.1 Å². The Hall–Kier alpha value is -1.33. The van der Waals surface area contributed by atoms with Gasteiger partial charge in [0.2, 0.25) is 0 Å². The van der Waals surface area contributed by atoms with Gasteiger partial charge in [-0.25, -0.2) is 9.37 Å². The fourth-order valence-corrected chi connectivity index (χ4v) is 2.33. The number of nitrogens with zero attached hydrogens (tertiary/aromatic N) is 1. The van der Waals surface area contributed by atoms with E-state index in [9.17, 15) is 4.39 Å². The Morgan fingerprint density at radius 3 is 2.67 bits per heavy atom. The van der Waals surface area contributed by atoms with E-state index in [-0.39, 0.29) is 0 Å². The van der Waals surface area contributed by atoms with E-state index in [1.165, 1.54) is 12.1 Å². The van der Waals surface area contributed by atoms with E-state index in [0.717, 1.165) is 5.82 Å². The van der Waals surface area contributed by atoms with Crippen molar-refractivity contribution in [3.05, 3.63) is 45.6 Å². The molecule has 3 nitrogen and oxygen atoms in total. The molecule has 0 unspecified atom stereocenters. The summed E-state index contributed by atoms with van der Waals surface area (Å²) in [6, 6.07) is 8.08. The summed E-state index contributed by atoms with van der Waals surface area (Å²) in [4.78, 5) is 4.30. The molecule has 0 aliphatic heterocycles. The van der Waals surface area contributed by atoms with Crippen LogP contribution >= 0.6 is 27.5 Å². The third-order valence-electron chi connectivity index (χ3n) is 2.27. The van der Waals surface area contributed by atoms with Crippen LogP contribution in [0.5, 0.6) is 0 Å². The summed E-state index contributed by atoms with van der Waals surface area (Å²) in [7, 11) is 1.78. The molecule has 0 radical (unpaired) electrons. The number of hydrogen-bond donors (Lipinski definition) is 2. The molecule has 0 atom stereocenters. The predicted octanol–water partition coefficient (Wildman–Crippen LogP) is 4.42. The van der Waals surface area contributed by atoms with Crippen LogP contribution in [0, 0.1) is 5.82 Å². The average Bonchev–Trinajstić information content (AvgIpc) is 2.34. The lowest BCUT2D eigenvalue weighted by Crippen LogP contribution is -1.98. The third kappa shape index (κ3) is 2.91. The summed E-state index contributed by atoms with van der Waals surface area (Å²) in [5.74, 6) is 0.958. The minimum atomic E-state index is -0.394. The zero-order valence-corrected chi connectivity index (χ0v) is 11.8. The van der Waals surface area contributed by atoms with E-state index in [4.69, 9.17) is 11.6 Å². The summed E-state index contributed by atoms with van der Waals surface area (Å²) >= 11 is 9.24. The number of rotatable bonds is 3. The van der Waals surface area contributed by atoms with Gasteiger partial charge < -0.3 is 10.6 Å². The fraction of sp³-hybridized carbons (Fsp3) is 0.0833.